The van der Waals surface area contributed by atoms with Crippen molar-refractivity contribution in [3.05, 3.63) is 29.3 Å². The minimum Gasteiger partial charge on any atom is -0.497 e. The first-order chi connectivity index (χ1) is 9.15. The van der Waals surface area contributed by atoms with Gasteiger partial charge in [0, 0.05) is 6.04 Å². The van der Waals surface area contributed by atoms with Gasteiger partial charge in [0.15, 0.2) is 0 Å². The van der Waals surface area contributed by atoms with E-state index in [0.717, 1.165) is 11.7 Å². The molecule has 1 aromatic carbocycles. The Bertz CT molecular complexity index is 416. The van der Waals surface area contributed by atoms with E-state index in [1.165, 1.54) is 43.2 Å². The molecule has 19 heavy (non-hydrogen) atoms. The highest BCUT2D eigenvalue weighted by Gasteiger charge is 2.27. The first-order valence-electron chi connectivity index (χ1n) is 7.55. The van der Waals surface area contributed by atoms with Gasteiger partial charge in [0.25, 0.3) is 0 Å². The van der Waals surface area contributed by atoms with Crippen LogP contribution in [0.5, 0.6) is 5.75 Å². The number of hydrogen-bond donors (Lipinski definition) is 1. The fourth-order valence-electron chi connectivity index (χ4n) is 3.43. The Balaban J connectivity index is 2.12. The van der Waals surface area contributed by atoms with Gasteiger partial charge < -0.3 is 10.5 Å². The van der Waals surface area contributed by atoms with E-state index >= 15 is 0 Å². The minimum absolute atomic E-state index is 0.181. The van der Waals surface area contributed by atoms with Gasteiger partial charge in [-0.3, -0.25) is 0 Å². The summed E-state index contributed by atoms with van der Waals surface area (Å²) in [5, 5.41) is 0. The molecule has 3 atom stereocenters. The number of hydrogen-bond acceptors (Lipinski definition) is 2. The molecule has 0 amide bonds. The van der Waals surface area contributed by atoms with Crippen molar-refractivity contribution in [3.63, 3.8) is 0 Å². The number of benzene rings is 1. The van der Waals surface area contributed by atoms with E-state index in [-0.39, 0.29) is 6.04 Å². The van der Waals surface area contributed by atoms with Crippen LogP contribution < -0.4 is 10.5 Å². The Labute approximate surface area is 117 Å². The van der Waals surface area contributed by atoms with Crippen molar-refractivity contribution in [1.82, 2.24) is 0 Å². The van der Waals surface area contributed by atoms with E-state index in [0.29, 0.717) is 5.92 Å². The molecule has 2 N–H and O–H groups in total. The second-order valence-electron chi connectivity index (χ2n) is 5.95. The molecule has 0 aromatic heterocycles. The Morgan fingerprint density at radius 1 is 1.37 bits per heavy atom. The second-order valence-corrected chi connectivity index (χ2v) is 5.95. The molecule has 0 spiro atoms. The lowest BCUT2D eigenvalue weighted by atomic mass is 9.75. The maximum absolute atomic E-state index is 6.54. The van der Waals surface area contributed by atoms with Crippen LogP contribution in [0.4, 0.5) is 0 Å². The molecule has 0 saturated heterocycles. The average molecular weight is 261 g/mol. The summed E-state index contributed by atoms with van der Waals surface area (Å²) < 4.78 is 5.27. The van der Waals surface area contributed by atoms with Crippen molar-refractivity contribution in [2.45, 2.75) is 52.0 Å². The molecule has 0 heterocycles. The van der Waals surface area contributed by atoms with Crippen molar-refractivity contribution >= 4 is 0 Å². The highest BCUT2D eigenvalue weighted by atomic mass is 16.5. The molecule has 2 rings (SSSR count). The average Bonchev–Trinajstić information content (AvgIpc) is 2.46. The van der Waals surface area contributed by atoms with E-state index in [9.17, 15) is 0 Å². The van der Waals surface area contributed by atoms with Gasteiger partial charge in [-0.15, -0.1) is 0 Å². The minimum atomic E-state index is 0.181. The van der Waals surface area contributed by atoms with Crippen LogP contribution in [0.15, 0.2) is 18.2 Å². The first kappa shape index (κ1) is 14.4. The van der Waals surface area contributed by atoms with Crippen LogP contribution in [-0.2, 0) is 0 Å². The Kier molecular flexibility index (Phi) is 4.87. The van der Waals surface area contributed by atoms with Gasteiger partial charge in [0.1, 0.15) is 5.75 Å². The summed E-state index contributed by atoms with van der Waals surface area (Å²) in [4.78, 5) is 0. The Morgan fingerprint density at radius 2 is 2.16 bits per heavy atom. The molecule has 1 aliphatic carbocycles. The monoisotopic (exact) mass is 261 g/mol. The third kappa shape index (κ3) is 3.30. The van der Waals surface area contributed by atoms with Crippen LogP contribution in [0.3, 0.4) is 0 Å². The molecule has 106 valence electrons. The Hall–Kier alpha value is -1.02. The fraction of sp³-hybridized carbons (Fsp3) is 0.647. The van der Waals surface area contributed by atoms with E-state index in [2.05, 4.69) is 26.0 Å². The molecule has 1 aromatic rings. The topological polar surface area (TPSA) is 35.2 Å². The predicted octanol–water partition coefficient (Wildman–Crippen LogP) is 4.22. The molecule has 3 unspecified atom stereocenters. The largest absolute Gasteiger partial charge is 0.497 e. The third-order valence-electron chi connectivity index (χ3n) is 4.74. The molecule has 2 nitrogen and oxygen atoms in total. The second kappa shape index (κ2) is 6.42. The normalized spacial score (nSPS) is 25.1. The van der Waals surface area contributed by atoms with E-state index in [1.807, 2.05) is 6.07 Å². The molecule has 1 fully saturated rings. The quantitative estimate of drug-likeness (QED) is 0.880. The molecule has 0 bridgehead atoms. The Morgan fingerprint density at radius 3 is 2.79 bits per heavy atom. The van der Waals surface area contributed by atoms with Crippen LogP contribution in [0.2, 0.25) is 0 Å². The van der Waals surface area contributed by atoms with Crippen molar-refractivity contribution in [3.8, 4) is 5.75 Å². The molecular weight excluding hydrogens is 234 g/mol. The van der Waals surface area contributed by atoms with Crippen molar-refractivity contribution in [2.75, 3.05) is 7.11 Å². The van der Waals surface area contributed by atoms with Crippen molar-refractivity contribution in [2.24, 2.45) is 17.6 Å². The van der Waals surface area contributed by atoms with Crippen LogP contribution in [0.25, 0.3) is 0 Å². The smallest absolute Gasteiger partial charge is 0.119 e. The summed E-state index contributed by atoms with van der Waals surface area (Å²) in [5.74, 6) is 2.44. The predicted molar refractivity (Wildman–Crippen MR) is 80.4 cm³/mol. The summed E-state index contributed by atoms with van der Waals surface area (Å²) in [6.07, 6.45) is 6.60. The van der Waals surface area contributed by atoms with Crippen molar-refractivity contribution in [1.29, 1.82) is 0 Å². The van der Waals surface area contributed by atoms with Crippen LogP contribution in [-0.4, -0.2) is 7.11 Å². The van der Waals surface area contributed by atoms with Crippen molar-refractivity contribution < 1.29 is 4.74 Å². The molecule has 1 aliphatic rings. The number of ether oxygens (including phenoxy) is 1. The molecular formula is C17H27NO. The van der Waals surface area contributed by atoms with Crippen LogP contribution >= 0.6 is 0 Å². The number of methoxy groups -OCH3 is 1. The highest BCUT2D eigenvalue weighted by Crippen LogP contribution is 2.38. The molecule has 2 heteroatoms. The highest BCUT2D eigenvalue weighted by molar-refractivity contribution is 5.36. The fourth-order valence-corrected chi connectivity index (χ4v) is 3.43. The molecule has 0 aliphatic heterocycles. The standard InChI is InChI=1S/C17H27NO/c1-4-13-6-5-7-14(11-13)17(18)16-9-8-15(19-3)10-12(16)2/h8-10,13-14,17H,4-7,11,18H2,1-3H3. The van der Waals surface area contributed by atoms with Gasteiger partial charge in [-0.2, -0.15) is 0 Å². The SMILES string of the molecule is CCC1CCCC(C(N)c2ccc(OC)cc2C)C1. The maximum Gasteiger partial charge on any atom is 0.119 e. The number of aryl methyl sites for hydroxylation is 1. The molecule has 0 radical (unpaired) electrons. The summed E-state index contributed by atoms with van der Waals surface area (Å²) in [7, 11) is 1.71. The third-order valence-corrected chi connectivity index (χ3v) is 4.74. The zero-order valence-corrected chi connectivity index (χ0v) is 12.5. The number of rotatable bonds is 4. The first-order valence-corrected chi connectivity index (χ1v) is 7.55. The molecule has 1 saturated carbocycles. The summed E-state index contributed by atoms with van der Waals surface area (Å²) >= 11 is 0. The van der Waals surface area contributed by atoms with Gasteiger partial charge in [-0.1, -0.05) is 32.3 Å². The lowest BCUT2D eigenvalue weighted by Crippen LogP contribution is -2.27. The van der Waals surface area contributed by atoms with E-state index < -0.39 is 0 Å². The van der Waals surface area contributed by atoms with Gasteiger partial charge in [-0.25, -0.2) is 0 Å². The zero-order chi connectivity index (χ0) is 13.8. The van der Waals surface area contributed by atoms with E-state index in [1.54, 1.807) is 7.11 Å². The summed E-state index contributed by atoms with van der Waals surface area (Å²) in [6.45, 7) is 4.44. The van der Waals surface area contributed by atoms with Crippen LogP contribution in [0.1, 0.15) is 56.2 Å². The van der Waals surface area contributed by atoms with E-state index in [4.69, 9.17) is 10.5 Å². The number of nitrogens with two attached hydrogens (primary N) is 1. The van der Waals surface area contributed by atoms with Crippen LogP contribution in [0, 0.1) is 18.8 Å². The maximum atomic E-state index is 6.54. The van der Waals surface area contributed by atoms with Gasteiger partial charge in [-0.05, 0) is 54.9 Å². The summed E-state index contributed by atoms with van der Waals surface area (Å²) in [5.41, 5.74) is 9.09. The zero-order valence-electron chi connectivity index (χ0n) is 12.5. The van der Waals surface area contributed by atoms with Gasteiger partial charge in [0.2, 0.25) is 0 Å². The van der Waals surface area contributed by atoms with Gasteiger partial charge in [0.05, 0.1) is 7.11 Å². The lowest BCUT2D eigenvalue weighted by molar-refractivity contribution is 0.230. The lowest BCUT2D eigenvalue weighted by Gasteiger charge is -2.33. The summed E-state index contributed by atoms with van der Waals surface area (Å²) in [6, 6.07) is 6.45. The van der Waals surface area contributed by atoms with Gasteiger partial charge >= 0.3 is 0 Å².